The molecule has 0 spiro atoms. The highest BCUT2D eigenvalue weighted by molar-refractivity contribution is 4.68. The standard InChI is InChI=1S/C23H52N4O2/c1-7-24(8-2)14-11-16-26(17-12-15-25(9-3)10-4)18-13-19-27(20-22(5)28)21-23(6)29/h22-23,28-29H,7-21H2,1-6H3. The van der Waals surface area contributed by atoms with Gasteiger partial charge in [-0.1, -0.05) is 27.7 Å². The lowest BCUT2D eigenvalue weighted by Crippen LogP contribution is -2.39. The Morgan fingerprint density at radius 3 is 1.03 bits per heavy atom. The molecule has 0 aliphatic rings. The second-order valence-electron chi connectivity index (χ2n) is 8.41. The average molecular weight is 417 g/mol. The SMILES string of the molecule is CCN(CC)CCCN(CCCN(CC)CC)CCCN(CC(C)O)CC(C)O. The Balaban J connectivity index is 4.51. The van der Waals surface area contributed by atoms with Crippen LogP contribution in [-0.4, -0.2) is 121 Å². The fraction of sp³-hybridized carbons (Fsp3) is 1.00. The number of aliphatic hydroxyl groups is 2. The Morgan fingerprint density at radius 1 is 0.483 bits per heavy atom. The highest BCUT2D eigenvalue weighted by Gasteiger charge is 2.13. The highest BCUT2D eigenvalue weighted by atomic mass is 16.3. The molecule has 0 aliphatic carbocycles. The van der Waals surface area contributed by atoms with Crippen LogP contribution in [0.3, 0.4) is 0 Å². The topological polar surface area (TPSA) is 53.4 Å². The summed E-state index contributed by atoms with van der Waals surface area (Å²) in [4.78, 5) is 9.82. The van der Waals surface area contributed by atoms with Crippen LogP contribution in [-0.2, 0) is 0 Å². The molecule has 2 unspecified atom stereocenters. The molecule has 0 aromatic heterocycles. The molecule has 6 nitrogen and oxygen atoms in total. The minimum absolute atomic E-state index is 0.354. The van der Waals surface area contributed by atoms with Gasteiger partial charge < -0.3 is 24.9 Å². The number of aliphatic hydroxyl groups excluding tert-OH is 2. The van der Waals surface area contributed by atoms with Crippen molar-refractivity contribution in [3.05, 3.63) is 0 Å². The van der Waals surface area contributed by atoms with Crippen LogP contribution in [0.2, 0.25) is 0 Å². The fourth-order valence-corrected chi connectivity index (χ4v) is 3.97. The zero-order valence-corrected chi connectivity index (χ0v) is 20.4. The van der Waals surface area contributed by atoms with Gasteiger partial charge in [-0.05, 0) is 98.6 Å². The lowest BCUT2D eigenvalue weighted by Gasteiger charge is -2.28. The van der Waals surface area contributed by atoms with Crippen LogP contribution >= 0.6 is 0 Å². The van der Waals surface area contributed by atoms with Crippen molar-refractivity contribution >= 4 is 0 Å². The van der Waals surface area contributed by atoms with Crippen LogP contribution in [0.25, 0.3) is 0 Å². The fourth-order valence-electron chi connectivity index (χ4n) is 3.97. The first-order valence-corrected chi connectivity index (χ1v) is 12.1. The molecule has 0 aromatic rings. The predicted octanol–water partition coefficient (Wildman–Crippen LogP) is 2.21. The van der Waals surface area contributed by atoms with E-state index in [1.54, 1.807) is 0 Å². The van der Waals surface area contributed by atoms with Crippen molar-refractivity contribution in [2.45, 2.75) is 73.0 Å². The van der Waals surface area contributed by atoms with Crippen LogP contribution in [0.4, 0.5) is 0 Å². The summed E-state index contributed by atoms with van der Waals surface area (Å²) in [6.45, 7) is 25.1. The molecule has 0 saturated heterocycles. The molecular weight excluding hydrogens is 364 g/mol. The van der Waals surface area contributed by atoms with E-state index in [0.29, 0.717) is 13.1 Å². The van der Waals surface area contributed by atoms with Crippen LogP contribution in [0.1, 0.15) is 60.8 Å². The van der Waals surface area contributed by atoms with Gasteiger partial charge in [0.15, 0.2) is 0 Å². The maximum absolute atomic E-state index is 9.73. The lowest BCUT2D eigenvalue weighted by atomic mass is 10.2. The van der Waals surface area contributed by atoms with E-state index in [-0.39, 0.29) is 12.2 Å². The van der Waals surface area contributed by atoms with Gasteiger partial charge in [0.25, 0.3) is 0 Å². The van der Waals surface area contributed by atoms with E-state index in [2.05, 4.69) is 47.3 Å². The molecule has 176 valence electrons. The first-order valence-electron chi connectivity index (χ1n) is 12.1. The molecule has 0 rings (SSSR count). The first-order chi connectivity index (χ1) is 13.9. The molecule has 2 atom stereocenters. The molecule has 0 amide bonds. The molecule has 0 radical (unpaired) electrons. The third kappa shape index (κ3) is 16.2. The van der Waals surface area contributed by atoms with Crippen molar-refractivity contribution in [1.82, 2.24) is 19.6 Å². The number of rotatable bonds is 20. The molecule has 6 heteroatoms. The molecule has 0 saturated carbocycles. The van der Waals surface area contributed by atoms with Crippen molar-refractivity contribution in [3.8, 4) is 0 Å². The summed E-state index contributed by atoms with van der Waals surface area (Å²) in [7, 11) is 0. The minimum atomic E-state index is -0.354. The van der Waals surface area contributed by atoms with E-state index < -0.39 is 0 Å². The second kappa shape index (κ2) is 18.5. The summed E-state index contributed by atoms with van der Waals surface area (Å²) in [6.07, 6.45) is 2.81. The zero-order valence-electron chi connectivity index (χ0n) is 20.4. The van der Waals surface area contributed by atoms with Gasteiger partial charge in [-0.3, -0.25) is 4.90 Å². The summed E-state index contributed by atoms with van der Waals surface area (Å²) < 4.78 is 0. The Hall–Kier alpha value is -0.240. The molecule has 0 aromatic carbocycles. The molecule has 0 bridgehead atoms. The van der Waals surface area contributed by atoms with E-state index in [4.69, 9.17) is 0 Å². The average Bonchev–Trinajstić information content (AvgIpc) is 2.67. The van der Waals surface area contributed by atoms with Crippen LogP contribution in [0, 0.1) is 0 Å². The highest BCUT2D eigenvalue weighted by Crippen LogP contribution is 2.03. The summed E-state index contributed by atoms with van der Waals surface area (Å²) in [5.41, 5.74) is 0. The Kier molecular flexibility index (Phi) is 18.4. The van der Waals surface area contributed by atoms with Gasteiger partial charge in [0.1, 0.15) is 0 Å². The molecule has 0 heterocycles. The summed E-state index contributed by atoms with van der Waals surface area (Å²) in [5, 5.41) is 19.5. The molecular formula is C23H52N4O2. The minimum Gasteiger partial charge on any atom is -0.392 e. The predicted molar refractivity (Wildman–Crippen MR) is 126 cm³/mol. The number of hydrogen-bond donors (Lipinski definition) is 2. The quantitative estimate of drug-likeness (QED) is 0.317. The summed E-state index contributed by atoms with van der Waals surface area (Å²) >= 11 is 0. The van der Waals surface area contributed by atoms with Gasteiger partial charge in [0.2, 0.25) is 0 Å². The zero-order chi connectivity index (χ0) is 22.1. The van der Waals surface area contributed by atoms with Gasteiger partial charge in [0, 0.05) is 13.1 Å². The van der Waals surface area contributed by atoms with E-state index in [9.17, 15) is 10.2 Å². The smallest absolute Gasteiger partial charge is 0.0639 e. The van der Waals surface area contributed by atoms with E-state index in [1.807, 2.05) is 13.8 Å². The number of hydrogen-bond acceptors (Lipinski definition) is 6. The van der Waals surface area contributed by atoms with Crippen molar-refractivity contribution in [3.63, 3.8) is 0 Å². The normalized spacial score (nSPS) is 14.5. The van der Waals surface area contributed by atoms with Crippen molar-refractivity contribution in [1.29, 1.82) is 0 Å². The third-order valence-corrected chi connectivity index (χ3v) is 5.68. The summed E-state index contributed by atoms with van der Waals surface area (Å²) in [5.74, 6) is 0. The molecule has 0 fully saturated rings. The van der Waals surface area contributed by atoms with Crippen LogP contribution in [0.15, 0.2) is 0 Å². The van der Waals surface area contributed by atoms with Gasteiger partial charge in [-0.25, -0.2) is 0 Å². The third-order valence-electron chi connectivity index (χ3n) is 5.68. The largest absolute Gasteiger partial charge is 0.392 e. The molecule has 0 aliphatic heterocycles. The second-order valence-corrected chi connectivity index (χ2v) is 8.41. The van der Waals surface area contributed by atoms with Crippen molar-refractivity contribution < 1.29 is 10.2 Å². The Morgan fingerprint density at radius 2 is 0.759 bits per heavy atom. The maximum Gasteiger partial charge on any atom is 0.0639 e. The van der Waals surface area contributed by atoms with Crippen LogP contribution < -0.4 is 0 Å². The Bertz CT molecular complexity index is 320. The summed E-state index contributed by atoms with van der Waals surface area (Å²) in [6, 6.07) is 0. The lowest BCUT2D eigenvalue weighted by molar-refractivity contribution is 0.0803. The maximum atomic E-state index is 9.73. The van der Waals surface area contributed by atoms with E-state index >= 15 is 0 Å². The first kappa shape index (κ1) is 28.8. The van der Waals surface area contributed by atoms with Gasteiger partial charge >= 0.3 is 0 Å². The molecule has 29 heavy (non-hydrogen) atoms. The van der Waals surface area contributed by atoms with Gasteiger partial charge in [-0.2, -0.15) is 0 Å². The molecule has 2 N–H and O–H groups in total. The van der Waals surface area contributed by atoms with Gasteiger partial charge in [0.05, 0.1) is 12.2 Å². The van der Waals surface area contributed by atoms with Crippen LogP contribution in [0.5, 0.6) is 0 Å². The Labute approximate surface area is 181 Å². The van der Waals surface area contributed by atoms with Crippen molar-refractivity contribution in [2.24, 2.45) is 0 Å². The monoisotopic (exact) mass is 416 g/mol. The van der Waals surface area contributed by atoms with E-state index in [0.717, 1.165) is 58.8 Å². The van der Waals surface area contributed by atoms with E-state index in [1.165, 1.54) is 25.9 Å². The van der Waals surface area contributed by atoms with Gasteiger partial charge in [-0.15, -0.1) is 0 Å². The van der Waals surface area contributed by atoms with Crippen molar-refractivity contribution in [2.75, 3.05) is 78.5 Å². The number of nitrogens with zero attached hydrogens (tertiary/aromatic N) is 4.